The van der Waals surface area contributed by atoms with E-state index in [2.05, 4.69) is 11.6 Å². The Morgan fingerprint density at radius 2 is 2.09 bits per heavy atom. The molecule has 0 saturated heterocycles. The van der Waals surface area contributed by atoms with Gasteiger partial charge in [0.2, 0.25) is 5.88 Å². The highest BCUT2D eigenvalue weighted by Gasteiger charge is 1.98. The van der Waals surface area contributed by atoms with Crippen LogP contribution in [0.15, 0.2) is 28.6 Å². The summed E-state index contributed by atoms with van der Waals surface area (Å²) in [7, 11) is 1.46. The fourth-order valence-corrected chi connectivity index (χ4v) is 0.620. The lowest BCUT2D eigenvalue weighted by atomic mass is 10.5. The highest BCUT2D eigenvalue weighted by atomic mass is 35.5. The van der Waals surface area contributed by atoms with Gasteiger partial charge in [-0.1, -0.05) is 29.8 Å². The van der Waals surface area contributed by atoms with E-state index in [0.29, 0.717) is 10.2 Å². The van der Waals surface area contributed by atoms with Crippen LogP contribution in [0.1, 0.15) is 6.92 Å². The maximum atomic E-state index is 5.65. The van der Waals surface area contributed by atoms with Gasteiger partial charge in [-0.3, -0.25) is 0 Å². The van der Waals surface area contributed by atoms with E-state index in [0.717, 1.165) is 0 Å². The van der Waals surface area contributed by atoms with E-state index < -0.39 is 0 Å². The number of aliphatic imine (C=N–C) groups is 1. The smallest absolute Gasteiger partial charge is 0.233 e. The van der Waals surface area contributed by atoms with Crippen molar-refractivity contribution >= 4 is 28.4 Å². The molecule has 0 saturated carbocycles. The second kappa shape index (κ2) is 5.22. The van der Waals surface area contributed by atoms with Crippen molar-refractivity contribution in [2.45, 2.75) is 6.92 Å². The molecule has 0 aromatic heterocycles. The molecule has 0 aromatic rings. The van der Waals surface area contributed by atoms with E-state index in [1.54, 1.807) is 6.92 Å². The normalized spacial score (nSPS) is 14.0. The molecule has 0 unspecified atom stereocenters. The molecular formula is C7H9Cl2NO. The van der Waals surface area contributed by atoms with Crippen molar-refractivity contribution in [1.29, 1.82) is 0 Å². The van der Waals surface area contributed by atoms with Crippen LogP contribution in [-0.4, -0.2) is 12.3 Å². The Hall–Kier alpha value is -0.470. The highest BCUT2D eigenvalue weighted by Crippen LogP contribution is 2.12. The quantitative estimate of drug-likeness (QED) is 0.384. The van der Waals surface area contributed by atoms with Gasteiger partial charge in [0, 0.05) is 0 Å². The van der Waals surface area contributed by atoms with Crippen LogP contribution < -0.4 is 0 Å². The standard InChI is InChI=1S/C7H9Cl2NO/c1-4-6(9)7(11-3)10-5(2)8/h4H,1H2,2-3H3/b7-6-,10-5?. The maximum Gasteiger partial charge on any atom is 0.233 e. The van der Waals surface area contributed by atoms with Crippen LogP contribution in [-0.2, 0) is 4.74 Å². The van der Waals surface area contributed by atoms with Gasteiger partial charge in [-0.05, 0) is 13.0 Å². The van der Waals surface area contributed by atoms with Crippen LogP contribution in [0.2, 0.25) is 0 Å². The number of methoxy groups -OCH3 is 1. The molecule has 0 amide bonds. The number of allylic oxidation sites excluding steroid dienone is 2. The summed E-state index contributed by atoms with van der Waals surface area (Å²) in [5.74, 6) is 0.272. The van der Waals surface area contributed by atoms with Gasteiger partial charge in [0.1, 0.15) is 10.2 Å². The van der Waals surface area contributed by atoms with Crippen molar-refractivity contribution < 1.29 is 4.74 Å². The monoisotopic (exact) mass is 193 g/mol. The van der Waals surface area contributed by atoms with E-state index >= 15 is 0 Å². The van der Waals surface area contributed by atoms with Gasteiger partial charge in [-0.2, -0.15) is 0 Å². The number of hydrogen-bond acceptors (Lipinski definition) is 2. The molecule has 4 heteroatoms. The molecule has 0 N–H and O–H groups in total. The fraction of sp³-hybridized carbons (Fsp3) is 0.286. The van der Waals surface area contributed by atoms with Crippen molar-refractivity contribution in [3.05, 3.63) is 23.6 Å². The minimum absolute atomic E-state index is 0.272. The van der Waals surface area contributed by atoms with E-state index in [1.165, 1.54) is 13.2 Å². The predicted octanol–water partition coefficient (Wildman–Crippen LogP) is 2.88. The first kappa shape index (κ1) is 10.5. The van der Waals surface area contributed by atoms with Crippen LogP contribution >= 0.6 is 23.2 Å². The van der Waals surface area contributed by atoms with Gasteiger partial charge in [-0.25, -0.2) is 4.99 Å². The van der Waals surface area contributed by atoms with Crippen LogP contribution in [0.25, 0.3) is 0 Å². The molecule has 0 aliphatic rings. The lowest BCUT2D eigenvalue weighted by molar-refractivity contribution is 0.287. The lowest BCUT2D eigenvalue weighted by Crippen LogP contribution is -1.87. The third kappa shape index (κ3) is 4.06. The number of ether oxygens (including phenoxy) is 1. The number of hydrogen-bond donors (Lipinski definition) is 0. The minimum atomic E-state index is 0.272. The van der Waals surface area contributed by atoms with Crippen molar-refractivity contribution in [3.63, 3.8) is 0 Å². The summed E-state index contributed by atoms with van der Waals surface area (Å²) >= 11 is 11.1. The van der Waals surface area contributed by atoms with Gasteiger partial charge in [0.05, 0.1) is 7.11 Å². The lowest BCUT2D eigenvalue weighted by Gasteiger charge is -1.99. The molecule has 0 aromatic carbocycles. The average molecular weight is 194 g/mol. The Morgan fingerprint density at radius 1 is 1.55 bits per heavy atom. The third-order valence-corrected chi connectivity index (χ3v) is 1.23. The Bertz CT molecular complexity index is 204. The molecule has 0 radical (unpaired) electrons. The van der Waals surface area contributed by atoms with Gasteiger partial charge >= 0.3 is 0 Å². The zero-order valence-electron chi connectivity index (χ0n) is 6.40. The molecule has 62 valence electrons. The summed E-state index contributed by atoms with van der Waals surface area (Å²) in [4.78, 5) is 3.80. The first-order chi connectivity index (χ1) is 5.11. The second-order valence-electron chi connectivity index (χ2n) is 1.67. The number of halogens is 2. The number of rotatable bonds is 3. The van der Waals surface area contributed by atoms with Crippen LogP contribution in [0, 0.1) is 0 Å². The van der Waals surface area contributed by atoms with Crippen molar-refractivity contribution in [3.8, 4) is 0 Å². The Kier molecular flexibility index (Phi) is 4.99. The average Bonchev–Trinajstić information content (AvgIpc) is 1.98. The fourth-order valence-electron chi connectivity index (χ4n) is 0.424. The largest absolute Gasteiger partial charge is 0.480 e. The highest BCUT2D eigenvalue weighted by molar-refractivity contribution is 6.64. The van der Waals surface area contributed by atoms with Crippen molar-refractivity contribution in [1.82, 2.24) is 0 Å². The van der Waals surface area contributed by atoms with E-state index in [4.69, 9.17) is 27.9 Å². The summed E-state index contributed by atoms with van der Waals surface area (Å²) in [5.41, 5.74) is 0. The van der Waals surface area contributed by atoms with Gasteiger partial charge in [0.25, 0.3) is 0 Å². The first-order valence-corrected chi connectivity index (χ1v) is 3.64. The van der Waals surface area contributed by atoms with Crippen LogP contribution in [0.5, 0.6) is 0 Å². The molecule has 2 nitrogen and oxygen atoms in total. The minimum Gasteiger partial charge on any atom is -0.480 e. The molecular weight excluding hydrogens is 185 g/mol. The van der Waals surface area contributed by atoms with Crippen molar-refractivity contribution in [2.75, 3.05) is 7.11 Å². The van der Waals surface area contributed by atoms with Gasteiger partial charge in [-0.15, -0.1) is 0 Å². The summed E-state index contributed by atoms with van der Waals surface area (Å²) in [6.07, 6.45) is 1.43. The SMILES string of the molecule is C=C/C(Cl)=C(\N=C(C)Cl)OC. The molecule has 0 atom stereocenters. The Labute approximate surface area is 76.2 Å². The number of nitrogens with zero attached hydrogens (tertiary/aromatic N) is 1. The molecule has 11 heavy (non-hydrogen) atoms. The predicted molar refractivity (Wildman–Crippen MR) is 49.0 cm³/mol. The molecule has 0 aliphatic carbocycles. The molecule has 0 bridgehead atoms. The molecule has 0 fully saturated rings. The van der Waals surface area contributed by atoms with Crippen LogP contribution in [0.3, 0.4) is 0 Å². The van der Waals surface area contributed by atoms with E-state index in [-0.39, 0.29) is 5.88 Å². The third-order valence-electron chi connectivity index (χ3n) is 0.832. The Morgan fingerprint density at radius 3 is 2.36 bits per heavy atom. The second-order valence-corrected chi connectivity index (χ2v) is 2.62. The zero-order valence-corrected chi connectivity index (χ0v) is 7.91. The molecule has 0 heterocycles. The zero-order chi connectivity index (χ0) is 8.85. The molecule has 0 spiro atoms. The van der Waals surface area contributed by atoms with Gasteiger partial charge in [0.15, 0.2) is 0 Å². The van der Waals surface area contributed by atoms with Crippen LogP contribution in [0.4, 0.5) is 0 Å². The van der Waals surface area contributed by atoms with Gasteiger partial charge < -0.3 is 4.74 Å². The maximum absolute atomic E-state index is 5.65. The summed E-state index contributed by atoms with van der Waals surface area (Å²) < 4.78 is 4.82. The first-order valence-electron chi connectivity index (χ1n) is 2.88. The summed E-state index contributed by atoms with van der Waals surface area (Å²) in [5, 5.41) is 0.703. The van der Waals surface area contributed by atoms with E-state index in [9.17, 15) is 0 Å². The van der Waals surface area contributed by atoms with Crippen molar-refractivity contribution in [2.24, 2.45) is 4.99 Å². The topological polar surface area (TPSA) is 21.6 Å². The Balaban J connectivity index is 4.66. The van der Waals surface area contributed by atoms with E-state index in [1.807, 2.05) is 0 Å². The summed E-state index contributed by atoms with van der Waals surface area (Å²) in [6, 6.07) is 0. The summed E-state index contributed by atoms with van der Waals surface area (Å²) in [6.45, 7) is 5.09. The molecule has 0 aliphatic heterocycles. The molecule has 0 rings (SSSR count).